The zero-order chi connectivity index (χ0) is 11.5. The highest BCUT2D eigenvalue weighted by molar-refractivity contribution is 6.35. The van der Waals surface area contributed by atoms with Gasteiger partial charge in [0.2, 0.25) is 0 Å². The fraction of sp³-hybridized carbons (Fsp3) is 0.455. The maximum Gasteiger partial charge on any atom is 0.155 e. The van der Waals surface area contributed by atoms with Crippen LogP contribution >= 0.6 is 23.2 Å². The molecule has 0 amide bonds. The Balaban J connectivity index is 1.89. The average Bonchev–Trinajstić information content (AvgIpc) is 2.63. The Morgan fingerprint density at radius 2 is 2.25 bits per heavy atom. The Kier molecular flexibility index (Phi) is 3.92. The van der Waals surface area contributed by atoms with Crippen LogP contribution in [0.15, 0.2) is 18.2 Å². The first-order chi connectivity index (χ1) is 7.65. The van der Waals surface area contributed by atoms with E-state index in [1.807, 2.05) is 6.92 Å². The number of halogens is 2. The van der Waals surface area contributed by atoms with Crippen molar-refractivity contribution in [3.05, 3.63) is 28.2 Å². The summed E-state index contributed by atoms with van der Waals surface area (Å²) >= 11 is 11.7. The van der Waals surface area contributed by atoms with E-state index >= 15 is 0 Å². The van der Waals surface area contributed by atoms with Gasteiger partial charge in [0.15, 0.2) is 6.29 Å². The lowest BCUT2D eigenvalue weighted by Gasteiger charge is -2.11. The third kappa shape index (κ3) is 3.01. The molecular formula is C11H12Cl2O3. The van der Waals surface area contributed by atoms with Crippen LogP contribution in [0.25, 0.3) is 0 Å². The first-order valence-electron chi connectivity index (χ1n) is 5.00. The Hall–Kier alpha value is -0.480. The van der Waals surface area contributed by atoms with Gasteiger partial charge in [-0.3, -0.25) is 0 Å². The van der Waals surface area contributed by atoms with Crippen molar-refractivity contribution in [3.63, 3.8) is 0 Å². The van der Waals surface area contributed by atoms with Crippen LogP contribution < -0.4 is 4.74 Å². The molecule has 2 unspecified atom stereocenters. The number of hydrogen-bond acceptors (Lipinski definition) is 3. The van der Waals surface area contributed by atoms with Gasteiger partial charge in [-0.1, -0.05) is 23.2 Å². The van der Waals surface area contributed by atoms with Gasteiger partial charge < -0.3 is 14.2 Å². The molecule has 0 N–H and O–H groups in total. The van der Waals surface area contributed by atoms with E-state index in [-0.39, 0.29) is 12.4 Å². The van der Waals surface area contributed by atoms with Crippen molar-refractivity contribution >= 4 is 23.2 Å². The quantitative estimate of drug-likeness (QED) is 0.838. The number of benzene rings is 1. The predicted octanol–water partition coefficient (Wildman–Crippen LogP) is 3.13. The van der Waals surface area contributed by atoms with Gasteiger partial charge in [0.25, 0.3) is 0 Å². The summed E-state index contributed by atoms with van der Waals surface area (Å²) in [6.07, 6.45) is -0.198. The van der Waals surface area contributed by atoms with E-state index in [1.54, 1.807) is 18.2 Å². The third-order valence-corrected chi connectivity index (χ3v) is 2.75. The lowest BCUT2D eigenvalue weighted by Crippen LogP contribution is -2.20. The topological polar surface area (TPSA) is 27.7 Å². The third-order valence-electron chi connectivity index (χ3n) is 2.22. The zero-order valence-electron chi connectivity index (χ0n) is 8.78. The van der Waals surface area contributed by atoms with Gasteiger partial charge in [-0.15, -0.1) is 0 Å². The summed E-state index contributed by atoms with van der Waals surface area (Å²) in [5.41, 5.74) is 0. The Labute approximate surface area is 104 Å². The lowest BCUT2D eigenvalue weighted by molar-refractivity contribution is -0.0486. The first-order valence-corrected chi connectivity index (χ1v) is 5.75. The van der Waals surface area contributed by atoms with Crippen LogP contribution in [0.5, 0.6) is 5.75 Å². The van der Waals surface area contributed by atoms with Crippen molar-refractivity contribution < 1.29 is 14.2 Å². The highest BCUT2D eigenvalue weighted by Crippen LogP contribution is 2.27. The minimum absolute atomic E-state index is 0.0401. The molecule has 88 valence electrons. The molecule has 2 rings (SSSR count). The molecule has 16 heavy (non-hydrogen) atoms. The first kappa shape index (κ1) is 12.0. The minimum atomic E-state index is -0.158. The standard InChI is InChI=1S/C11H12Cl2O3/c1-7-14-5-9(16-7)6-15-11-3-2-8(12)4-10(11)13/h2-4,7,9H,5-6H2,1H3. The summed E-state index contributed by atoms with van der Waals surface area (Å²) in [7, 11) is 0. The van der Waals surface area contributed by atoms with Gasteiger partial charge in [-0.05, 0) is 25.1 Å². The maximum atomic E-state index is 5.96. The molecule has 5 heteroatoms. The van der Waals surface area contributed by atoms with Gasteiger partial charge in [-0.2, -0.15) is 0 Å². The summed E-state index contributed by atoms with van der Waals surface area (Å²) in [4.78, 5) is 0. The highest BCUT2D eigenvalue weighted by Gasteiger charge is 2.23. The van der Waals surface area contributed by atoms with Crippen LogP contribution in [0.3, 0.4) is 0 Å². The molecule has 0 bridgehead atoms. The molecule has 1 aromatic carbocycles. The average molecular weight is 263 g/mol. The Morgan fingerprint density at radius 3 is 2.88 bits per heavy atom. The molecule has 1 heterocycles. The molecule has 1 aromatic rings. The van der Waals surface area contributed by atoms with Crippen LogP contribution in [0.1, 0.15) is 6.92 Å². The Bertz CT molecular complexity index is 370. The van der Waals surface area contributed by atoms with Crippen LogP contribution in [-0.4, -0.2) is 25.6 Å². The van der Waals surface area contributed by atoms with Gasteiger partial charge >= 0.3 is 0 Å². The number of hydrogen-bond donors (Lipinski definition) is 0. The molecule has 1 fully saturated rings. The predicted molar refractivity (Wildman–Crippen MR) is 62.2 cm³/mol. The monoisotopic (exact) mass is 262 g/mol. The number of rotatable bonds is 3. The molecule has 1 aliphatic rings. The molecule has 2 atom stereocenters. The van der Waals surface area contributed by atoms with Crippen molar-refractivity contribution in [2.24, 2.45) is 0 Å². The summed E-state index contributed by atoms with van der Waals surface area (Å²) in [6, 6.07) is 5.12. The molecule has 0 aromatic heterocycles. The molecule has 0 spiro atoms. The van der Waals surface area contributed by atoms with E-state index in [4.69, 9.17) is 37.4 Å². The normalized spacial score (nSPS) is 24.7. The second-order valence-electron chi connectivity index (χ2n) is 3.54. The van der Waals surface area contributed by atoms with E-state index in [9.17, 15) is 0 Å². The summed E-state index contributed by atoms with van der Waals surface area (Å²) in [5, 5.41) is 1.09. The summed E-state index contributed by atoms with van der Waals surface area (Å²) in [5.74, 6) is 0.606. The SMILES string of the molecule is CC1OCC(COc2ccc(Cl)cc2Cl)O1. The minimum Gasteiger partial charge on any atom is -0.489 e. The largest absolute Gasteiger partial charge is 0.489 e. The van der Waals surface area contributed by atoms with Crippen LogP contribution in [-0.2, 0) is 9.47 Å². The maximum absolute atomic E-state index is 5.96. The van der Waals surface area contributed by atoms with Crippen molar-refractivity contribution in [3.8, 4) is 5.75 Å². The summed E-state index contributed by atoms with van der Waals surface area (Å²) in [6.45, 7) is 2.83. The van der Waals surface area contributed by atoms with Crippen LogP contribution in [0.2, 0.25) is 10.0 Å². The Morgan fingerprint density at radius 1 is 1.44 bits per heavy atom. The van der Waals surface area contributed by atoms with E-state index in [2.05, 4.69) is 0 Å². The molecule has 0 saturated carbocycles. The van der Waals surface area contributed by atoms with Crippen LogP contribution in [0.4, 0.5) is 0 Å². The van der Waals surface area contributed by atoms with E-state index < -0.39 is 0 Å². The molecule has 1 saturated heterocycles. The van der Waals surface area contributed by atoms with Crippen molar-refractivity contribution in [2.75, 3.05) is 13.2 Å². The smallest absolute Gasteiger partial charge is 0.155 e. The molecule has 1 aliphatic heterocycles. The van der Waals surface area contributed by atoms with Gasteiger partial charge in [0.1, 0.15) is 18.5 Å². The van der Waals surface area contributed by atoms with Gasteiger partial charge in [-0.25, -0.2) is 0 Å². The van der Waals surface area contributed by atoms with Crippen LogP contribution in [0, 0.1) is 0 Å². The highest BCUT2D eigenvalue weighted by atomic mass is 35.5. The van der Waals surface area contributed by atoms with Crippen molar-refractivity contribution in [2.45, 2.75) is 19.3 Å². The fourth-order valence-electron chi connectivity index (χ4n) is 1.45. The van der Waals surface area contributed by atoms with E-state index in [0.29, 0.717) is 29.0 Å². The molecule has 0 aliphatic carbocycles. The fourth-order valence-corrected chi connectivity index (χ4v) is 1.92. The second kappa shape index (κ2) is 5.23. The second-order valence-corrected chi connectivity index (χ2v) is 4.39. The molecule has 3 nitrogen and oxygen atoms in total. The molecular weight excluding hydrogens is 251 g/mol. The molecule has 0 radical (unpaired) electrons. The van der Waals surface area contributed by atoms with E-state index in [0.717, 1.165) is 0 Å². The van der Waals surface area contributed by atoms with Gasteiger partial charge in [0, 0.05) is 5.02 Å². The van der Waals surface area contributed by atoms with E-state index in [1.165, 1.54) is 0 Å². The zero-order valence-corrected chi connectivity index (χ0v) is 10.3. The lowest BCUT2D eigenvalue weighted by atomic mass is 10.3. The van der Waals surface area contributed by atoms with Crippen molar-refractivity contribution in [1.82, 2.24) is 0 Å². The van der Waals surface area contributed by atoms with Crippen molar-refractivity contribution in [1.29, 1.82) is 0 Å². The number of ether oxygens (including phenoxy) is 3. The summed E-state index contributed by atoms with van der Waals surface area (Å²) < 4.78 is 16.2. The van der Waals surface area contributed by atoms with Gasteiger partial charge in [0.05, 0.1) is 11.6 Å².